The number of carbonyl (C=O) groups excluding carboxylic acids is 3. The fourth-order valence-electron chi connectivity index (χ4n) is 3.67. The largest absolute Gasteiger partial charge is 0.344 e. The lowest BCUT2D eigenvalue weighted by molar-refractivity contribution is -0.139. The number of nitrogens with one attached hydrogen (secondary N) is 2. The monoisotopic (exact) mass is 430 g/mol. The van der Waals surface area contributed by atoms with Crippen molar-refractivity contribution in [3.05, 3.63) is 29.3 Å². The van der Waals surface area contributed by atoms with E-state index in [4.69, 9.17) is 0 Å². The van der Waals surface area contributed by atoms with Crippen molar-refractivity contribution in [2.75, 3.05) is 32.7 Å². The minimum absolute atomic E-state index is 0.148. The number of fused-ring (bicyclic) bond motifs is 1. The van der Waals surface area contributed by atoms with Crippen LogP contribution in [0.3, 0.4) is 0 Å². The van der Waals surface area contributed by atoms with E-state index in [1.807, 2.05) is 30.0 Å². The molecule has 2 N–H and O–H groups in total. The van der Waals surface area contributed by atoms with Crippen molar-refractivity contribution in [3.8, 4) is 0 Å². The first-order valence-corrected chi connectivity index (χ1v) is 10.9. The van der Waals surface area contributed by atoms with E-state index in [2.05, 4.69) is 26.7 Å². The Bertz CT molecular complexity index is 937. The summed E-state index contributed by atoms with van der Waals surface area (Å²) in [6, 6.07) is 7.55. The van der Waals surface area contributed by atoms with E-state index in [-0.39, 0.29) is 12.5 Å². The zero-order chi connectivity index (χ0) is 21.3. The maximum Gasteiger partial charge on any atom is 0.344 e. The maximum absolute atomic E-state index is 12.4. The zero-order valence-corrected chi connectivity index (χ0v) is 18.0. The van der Waals surface area contributed by atoms with Gasteiger partial charge in [0.25, 0.3) is 11.8 Å². The third-order valence-corrected chi connectivity index (χ3v) is 6.75. The Morgan fingerprint density at radius 2 is 1.90 bits per heavy atom. The summed E-state index contributed by atoms with van der Waals surface area (Å²) in [5.74, 6) is -0.789. The molecular formula is C20H26N6O3S. The van der Waals surface area contributed by atoms with Crippen LogP contribution in [0, 0.1) is 0 Å². The van der Waals surface area contributed by atoms with Gasteiger partial charge in [-0.25, -0.2) is 9.78 Å². The SMILES string of the molecule is CC[C@@]1(C)NC(=O)N(NC(=O)CN2CCN(Cc3nc4ccccc4s3)CC2)C1=O. The number of imide groups is 1. The highest BCUT2D eigenvalue weighted by atomic mass is 32.1. The molecule has 2 aliphatic rings. The van der Waals surface area contributed by atoms with E-state index in [0.29, 0.717) is 6.42 Å². The van der Waals surface area contributed by atoms with Crippen LogP contribution < -0.4 is 10.7 Å². The molecule has 30 heavy (non-hydrogen) atoms. The molecule has 4 rings (SSSR count). The van der Waals surface area contributed by atoms with Gasteiger partial charge >= 0.3 is 6.03 Å². The molecule has 4 amide bonds. The number of nitrogens with zero attached hydrogens (tertiary/aromatic N) is 4. The molecule has 0 saturated carbocycles. The Morgan fingerprint density at radius 3 is 2.57 bits per heavy atom. The van der Waals surface area contributed by atoms with E-state index >= 15 is 0 Å². The van der Waals surface area contributed by atoms with E-state index in [0.717, 1.165) is 48.3 Å². The molecule has 1 aromatic heterocycles. The predicted molar refractivity (Wildman–Crippen MR) is 114 cm³/mol. The summed E-state index contributed by atoms with van der Waals surface area (Å²) in [7, 11) is 0. The number of para-hydroxylation sites is 1. The molecule has 3 heterocycles. The van der Waals surface area contributed by atoms with Crippen LogP contribution in [0.4, 0.5) is 4.79 Å². The van der Waals surface area contributed by atoms with Crippen molar-refractivity contribution in [1.82, 2.24) is 30.5 Å². The highest BCUT2D eigenvalue weighted by molar-refractivity contribution is 7.18. The van der Waals surface area contributed by atoms with Gasteiger partial charge in [-0.3, -0.25) is 24.8 Å². The van der Waals surface area contributed by atoms with Gasteiger partial charge in [-0.15, -0.1) is 11.3 Å². The molecule has 0 unspecified atom stereocenters. The van der Waals surface area contributed by atoms with Crippen LogP contribution in [-0.2, 0) is 16.1 Å². The summed E-state index contributed by atoms with van der Waals surface area (Å²) in [6.45, 7) is 7.57. The first kappa shape index (κ1) is 20.7. The van der Waals surface area contributed by atoms with E-state index in [1.54, 1.807) is 18.3 Å². The molecule has 10 heteroatoms. The number of aromatic nitrogens is 1. The summed E-state index contributed by atoms with van der Waals surface area (Å²) >= 11 is 1.72. The van der Waals surface area contributed by atoms with Gasteiger partial charge in [0.05, 0.1) is 23.3 Å². The summed E-state index contributed by atoms with van der Waals surface area (Å²) in [5, 5.41) is 4.52. The Balaban J connectivity index is 1.25. The first-order valence-electron chi connectivity index (χ1n) is 10.1. The lowest BCUT2D eigenvalue weighted by Gasteiger charge is -2.33. The fraction of sp³-hybridized carbons (Fsp3) is 0.500. The van der Waals surface area contributed by atoms with Crippen LogP contribution in [0.5, 0.6) is 0 Å². The van der Waals surface area contributed by atoms with Gasteiger partial charge in [0.15, 0.2) is 0 Å². The number of piperazine rings is 1. The lowest BCUT2D eigenvalue weighted by Crippen LogP contribution is -2.53. The minimum Gasteiger partial charge on any atom is -0.322 e. The number of hydrogen-bond donors (Lipinski definition) is 2. The van der Waals surface area contributed by atoms with Gasteiger partial charge in [0.2, 0.25) is 0 Å². The molecule has 0 radical (unpaired) electrons. The summed E-state index contributed by atoms with van der Waals surface area (Å²) in [4.78, 5) is 45.8. The number of amides is 4. The molecule has 2 aromatic rings. The molecule has 2 aliphatic heterocycles. The number of thiazole rings is 1. The van der Waals surface area contributed by atoms with E-state index in [1.165, 1.54) is 4.70 Å². The number of rotatable bonds is 6. The van der Waals surface area contributed by atoms with Crippen molar-refractivity contribution in [3.63, 3.8) is 0 Å². The van der Waals surface area contributed by atoms with Gasteiger partial charge in [0, 0.05) is 26.2 Å². The van der Waals surface area contributed by atoms with Gasteiger partial charge in [-0.2, -0.15) is 5.01 Å². The molecule has 0 aliphatic carbocycles. The van der Waals surface area contributed by atoms with Crippen molar-refractivity contribution in [1.29, 1.82) is 0 Å². The predicted octanol–water partition coefficient (Wildman–Crippen LogP) is 1.17. The minimum atomic E-state index is -0.962. The van der Waals surface area contributed by atoms with Crippen LogP contribution in [0.1, 0.15) is 25.3 Å². The quantitative estimate of drug-likeness (QED) is 0.668. The van der Waals surface area contributed by atoms with Gasteiger partial charge < -0.3 is 5.32 Å². The average Bonchev–Trinajstić information content (AvgIpc) is 3.23. The normalized spacial score (nSPS) is 23.2. The second-order valence-electron chi connectivity index (χ2n) is 7.92. The Hall–Kier alpha value is -2.56. The van der Waals surface area contributed by atoms with Gasteiger partial charge in [-0.05, 0) is 25.5 Å². The highest BCUT2D eigenvalue weighted by Crippen LogP contribution is 2.23. The molecule has 2 fully saturated rings. The molecular weight excluding hydrogens is 404 g/mol. The number of hydrazine groups is 1. The zero-order valence-electron chi connectivity index (χ0n) is 17.2. The van der Waals surface area contributed by atoms with Crippen molar-refractivity contribution in [2.24, 2.45) is 0 Å². The molecule has 9 nitrogen and oxygen atoms in total. The number of hydrogen-bond acceptors (Lipinski definition) is 7. The number of carbonyl (C=O) groups is 3. The molecule has 160 valence electrons. The smallest absolute Gasteiger partial charge is 0.322 e. The summed E-state index contributed by atoms with van der Waals surface area (Å²) in [5.41, 5.74) is 2.52. The number of benzene rings is 1. The molecule has 1 aromatic carbocycles. The van der Waals surface area contributed by atoms with Crippen LogP contribution >= 0.6 is 11.3 Å². The van der Waals surface area contributed by atoms with Gasteiger partial charge in [-0.1, -0.05) is 19.1 Å². The molecule has 1 atom stereocenters. The van der Waals surface area contributed by atoms with Crippen LogP contribution in [0.15, 0.2) is 24.3 Å². The van der Waals surface area contributed by atoms with Crippen LogP contribution in [-0.4, -0.2) is 75.9 Å². The first-order chi connectivity index (χ1) is 14.4. The Kier molecular flexibility index (Phi) is 5.72. The summed E-state index contributed by atoms with van der Waals surface area (Å²) < 4.78 is 1.20. The van der Waals surface area contributed by atoms with Crippen molar-refractivity contribution >= 4 is 39.4 Å². The second kappa shape index (κ2) is 8.29. The van der Waals surface area contributed by atoms with Crippen molar-refractivity contribution in [2.45, 2.75) is 32.4 Å². The Labute approximate surface area is 179 Å². The Morgan fingerprint density at radius 1 is 1.20 bits per heavy atom. The van der Waals surface area contributed by atoms with Crippen LogP contribution in [0.2, 0.25) is 0 Å². The van der Waals surface area contributed by atoms with E-state index in [9.17, 15) is 14.4 Å². The van der Waals surface area contributed by atoms with Crippen molar-refractivity contribution < 1.29 is 14.4 Å². The highest BCUT2D eigenvalue weighted by Gasteiger charge is 2.47. The third kappa shape index (κ3) is 4.16. The third-order valence-electron chi connectivity index (χ3n) is 5.73. The summed E-state index contributed by atoms with van der Waals surface area (Å²) in [6.07, 6.45) is 0.459. The molecule has 0 bridgehead atoms. The fourth-order valence-corrected chi connectivity index (χ4v) is 4.68. The lowest BCUT2D eigenvalue weighted by atomic mass is 10.00. The topological polar surface area (TPSA) is 97.9 Å². The molecule has 2 saturated heterocycles. The standard InChI is InChI=1S/C20H26N6O3S/c1-3-20(2)18(28)26(19(29)22-20)23-16(27)12-24-8-10-25(11-9-24)13-17-21-14-6-4-5-7-15(14)30-17/h4-7H,3,8-13H2,1-2H3,(H,22,29)(H,23,27)/t20-/m1/s1. The van der Waals surface area contributed by atoms with E-state index < -0.39 is 17.5 Å². The average molecular weight is 431 g/mol. The maximum atomic E-state index is 12.4. The molecule has 0 spiro atoms. The van der Waals surface area contributed by atoms with Crippen LogP contribution in [0.25, 0.3) is 10.2 Å². The second-order valence-corrected chi connectivity index (χ2v) is 9.03. The van der Waals surface area contributed by atoms with Gasteiger partial charge in [0.1, 0.15) is 10.5 Å². The number of urea groups is 1.